The number of ether oxygens (including phenoxy) is 6. The lowest BCUT2D eigenvalue weighted by Gasteiger charge is -2.24. The fraction of sp³-hybridized carbons (Fsp3) is 0.217. The third-order valence-electron chi connectivity index (χ3n) is 9.19. The second kappa shape index (κ2) is 18.3. The largest absolute Gasteiger partial charge is 0.488 e. The summed E-state index contributed by atoms with van der Waals surface area (Å²) in [5.41, 5.74) is 7.27. The van der Waals surface area contributed by atoms with Crippen molar-refractivity contribution in [2.45, 2.75) is 65.1 Å². The minimum Gasteiger partial charge on any atom is -0.488 e. The predicted octanol–water partition coefficient (Wildman–Crippen LogP) is 10.9. The van der Waals surface area contributed by atoms with E-state index in [0.29, 0.717) is 49.9 Å². The molecule has 0 N–H and O–H groups in total. The summed E-state index contributed by atoms with van der Waals surface area (Å²) in [6.45, 7) is 3.36. The Morgan fingerprint density at radius 1 is 0.556 bits per heavy atom. The number of rotatable bonds is 16. The average molecular weight is 745 g/mol. The van der Waals surface area contributed by atoms with Crippen molar-refractivity contribution in [3.8, 4) is 22.6 Å². The van der Waals surface area contributed by atoms with Crippen LogP contribution in [0.25, 0.3) is 11.1 Å². The van der Waals surface area contributed by atoms with Gasteiger partial charge in [-0.05, 0) is 57.5 Å². The Balaban J connectivity index is 1.26. The van der Waals surface area contributed by atoms with Crippen molar-refractivity contribution < 1.29 is 32.8 Å². The molecule has 54 heavy (non-hydrogen) atoms. The fourth-order valence-electron chi connectivity index (χ4n) is 6.48. The van der Waals surface area contributed by atoms with Gasteiger partial charge in [0.15, 0.2) is 6.29 Å². The molecular weight excluding hydrogens is 703 g/mol. The fourth-order valence-corrected chi connectivity index (χ4v) is 6.66. The third-order valence-corrected chi connectivity index (χ3v) is 9.48. The first-order chi connectivity index (χ1) is 26.5. The Hall–Kier alpha value is -5.02. The summed E-state index contributed by atoms with van der Waals surface area (Å²) < 4.78 is 53.4. The van der Waals surface area contributed by atoms with Gasteiger partial charge in [0.2, 0.25) is 12.6 Å². The van der Waals surface area contributed by atoms with Crippen LogP contribution in [0.1, 0.15) is 40.3 Å². The van der Waals surface area contributed by atoms with E-state index < -0.39 is 24.7 Å². The van der Waals surface area contributed by atoms with Crippen LogP contribution >= 0.6 is 11.6 Å². The molecule has 6 aromatic carbocycles. The molecule has 0 unspecified atom stereocenters. The molecule has 1 aliphatic rings. The van der Waals surface area contributed by atoms with Crippen LogP contribution in [0.15, 0.2) is 146 Å². The quantitative estimate of drug-likeness (QED) is 0.0983. The van der Waals surface area contributed by atoms with Crippen LogP contribution in [0.5, 0.6) is 11.5 Å². The Morgan fingerprint density at radius 3 is 1.48 bits per heavy atom. The van der Waals surface area contributed by atoms with Gasteiger partial charge in [-0.15, -0.1) is 0 Å². The first kappa shape index (κ1) is 37.3. The van der Waals surface area contributed by atoms with Crippen molar-refractivity contribution in [3.63, 3.8) is 0 Å². The second-order valence-electron chi connectivity index (χ2n) is 13.0. The number of benzene rings is 6. The van der Waals surface area contributed by atoms with Crippen LogP contribution < -0.4 is 9.47 Å². The number of halogens is 2. The average Bonchev–Trinajstić information content (AvgIpc) is 3.61. The molecule has 0 bridgehead atoms. The van der Waals surface area contributed by atoms with Crippen LogP contribution in [-0.2, 0) is 58.2 Å². The summed E-state index contributed by atoms with van der Waals surface area (Å²) in [4.78, 5) is 0. The lowest BCUT2D eigenvalue weighted by molar-refractivity contribution is -0.200. The molecule has 0 spiro atoms. The van der Waals surface area contributed by atoms with E-state index in [1.165, 1.54) is 6.07 Å². The highest BCUT2D eigenvalue weighted by molar-refractivity contribution is 6.31. The minimum absolute atomic E-state index is 0.00651. The molecule has 7 rings (SSSR count). The molecule has 0 aromatic heterocycles. The molecule has 6 aromatic rings. The van der Waals surface area contributed by atoms with Gasteiger partial charge in [0.1, 0.15) is 30.5 Å². The van der Waals surface area contributed by atoms with Gasteiger partial charge in [0.25, 0.3) is 0 Å². The van der Waals surface area contributed by atoms with E-state index in [1.54, 1.807) is 12.1 Å². The first-order valence-corrected chi connectivity index (χ1v) is 18.5. The van der Waals surface area contributed by atoms with Gasteiger partial charge in [0.05, 0.1) is 18.2 Å². The summed E-state index contributed by atoms with van der Waals surface area (Å²) in [5.74, 6) is 0.721. The molecule has 1 saturated heterocycles. The second-order valence-corrected chi connectivity index (χ2v) is 13.4. The molecule has 1 aliphatic heterocycles. The van der Waals surface area contributed by atoms with Gasteiger partial charge < -0.3 is 28.4 Å². The van der Waals surface area contributed by atoms with Crippen molar-refractivity contribution in [1.29, 1.82) is 0 Å². The Bertz CT molecular complexity index is 2030. The predicted molar refractivity (Wildman–Crippen MR) is 207 cm³/mol. The van der Waals surface area contributed by atoms with E-state index in [0.717, 1.165) is 38.9 Å². The van der Waals surface area contributed by atoms with Crippen molar-refractivity contribution in [2.24, 2.45) is 0 Å². The van der Waals surface area contributed by atoms with Crippen molar-refractivity contribution in [3.05, 3.63) is 190 Å². The highest BCUT2D eigenvalue weighted by Crippen LogP contribution is 2.44. The third kappa shape index (κ3) is 9.55. The SMILES string of the molecule is CCc1c(OCc2ccccc2)cc(OCc2ccccc2)c(-c2ccc(F)c(Cl)c2)c1CC1O[C@@H](OCc2ccccc2)[C@H](OCc2ccccc2)O1. The minimum atomic E-state index is -0.806. The molecular formula is C46H42ClFO6. The van der Waals surface area contributed by atoms with Crippen LogP contribution in [0.2, 0.25) is 5.02 Å². The molecule has 0 saturated carbocycles. The van der Waals surface area contributed by atoms with Crippen molar-refractivity contribution in [1.82, 2.24) is 0 Å². The highest BCUT2D eigenvalue weighted by Gasteiger charge is 2.39. The standard InChI is InChI=1S/C46H42ClFO6/c1-2-37-38(26-43-53-45(51-30-34-19-11-5-12-20-34)46(54-43)52-31-35-21-13-6-14-22-35)44(36-23-24-40(48)39(47)25-36)42(50-29-33-17-9-4-10-18-33)27-41(37)49-28-32-15-7-3-8-16-32/h3-25,27,43,45-46H,2,26,28-31H2,1H3/t45-,46-/m1/s1. The lowest BCUT2D eigenvalue weighted by Crippen LogP contribution is -2.28. The Morgan fingerprint density at radius 2 is 1.02 bits per heavy atom. The normalized spacial score (nSPS) is 15.7. The monoisotopic (exact) mass is 744 g/mol. The molecule has 1 heterocycles. The van der Waals surface area contributed by atoms with E-state index in [4.69, 9.17) is 40.0 Å². The molecule has 276 valence electrons. The molecule has 0 aliphatic carbocycles. The maximum atomic E-state index is 14.6. The maximum Gasteiger partial charge on any atom is 0.212 e. The zero-order chi connectivity index (χ0) is 37.1. The lowest BCUT2D eigenvalue weighted by atomic mass is 9.90. The highest BCUT2D eigenvalue weighted by atomic mass is 35.5. The number of hydrogen-bond acceptors (Lipinski definition) is 6. The van der Waals surface area contributed by atoms with Gasteiger partial charge in [0, 0.05) is 18.1 Å². The van der Waals surface area contributed by atoms with E-state index >= 15 is 0 Å². The summed E-state index contributed by atoms with van der Waals surface area (Å²) >= 11 is 6.42. The zero-order valence-corrected chi connectivity index (χ0v) is 30.8. The Labute approximate surface area is 321 Å². The van der Waals surface area contributed by atoms with Gasteiger partial charge in [-0.25, -0.2) is 4.39 Å². The molecule has 8 heteroatoms. The van der Waals surface area contributed by atoms with Crippen LogP contribution in [0.3, 0.4) is 0 Å². The summed E-state index contributed by atoms with van der Waals surface area (Å²) in [6.07, 6.45) is -1.47. The molecule has 6 nitrogen and oxygen atoms in total. The maximum absolute atomic E-state index is 14.6. The first-order valence-electron chi connectivity index (χ1n) is 18.1. The molecule has 1 fully saturated rings. The van der Waals surface area contributed by atoms with Crippen molar-refractivity contribution >= 4 is 11.6 Å². The summed E-state index contributed by atoms with van der Waals surface area (Å²) in [7, 11) is 0. The van der Waals surface area contributed by atoms with Crippen LogP contribution in [0, 0.1) is 5.82 Å². The van der Waals surface area contributed by atoms with E-state index in [-0.39, 0.29) is 11.4 Å². The zero-order valence-electron chi connectivity index (χ0n) is 30.0. The Kier molecular flexibility index (Phi) is 12.7. The summed E-state index contributed by atoms with van der Waals surface area (Å²) in [6, 6.07) is 46.4. The molecule has 0 radical (unpaired) electrons. The van der Waals surface area contributed by atoms with Gasteiger partial charge in [-0.3, -0.25) is 0 Å². The van der Waals surface area contributed by atoms with Gasteiger partial charge in [-0.2, -0.15) is 0 Å². The van der Waals surface area contributed by atoms with E-state index in [2.05, 4.69) is 6.92 Å². The van der Waals surface area contributed by atoms with E-state index in [1.807, 2.05) is 127 Å². The van der Waals surface area contributed by atoms with Crippen molar-refractivity contribution in [2.75, 3.05) is 0 Å². The van der Waals surface area contributed by atoms with E-state index in [9.17, 15) is 4.39 Å². The smallest absolute Gasteiger partial charge is 0.212 e. The topological polar surface area (TPSA) is 55.4 Å². The molecule has 0 amide bonds. The number of hydrogen-bond donors (Lipinski definition) is 0. The van der Waals surface area contributed by atoms with Gasteiger partial charge in [-0.1, -0.05) is 146 Å². The van der Waals surface area contributed by atoms with Crippen LogP contribution in [-0.4, -0.2) is 18.9 Å². The summed E-state index contributed by atoms with van der Waals surface area (Å²) in [5, 5.41) is 0.00651. The van der Waals surface area contributed by atoms with Gasteiger partial charge >= 0.3 is 0 Å². The molecule has 2 atom stereocenters. The van der Waals surface area contributed by atoms with Crippen LogP contribution in [0.4, 0.5) is 4.39 Å².